The molecule has 2 aromatic rings. The van der Waals surface area contributed by atoms with Gasteiger partial charge in [-0.05, 0) is 28.5 Å². The lowest BCUT2D eigenvalue weighted by atomic mass is 10.2. The smallest absolute Gasteiger partial charge is 0.367 e. The monoisotopic (exact) mass is 304 g/mol. The fourth-order valence-corrected chi connectivity index (χ4v) is 2.04. The summed E-state index contributed by atoms with van der Waals surface area (Å²) < 4.78 is 6.63. The third-order valence-corrected chi connectivity index (χ3v) is 3.17. The topological polar surface area (TPSA) is 82.2 Å². The number of imidazole rings is 1. The number of ether oxygens (including phenoxy) is 1. The number of nitro groups is 1. The highest BCUT2D eigenvalue weighted by Gasteiger charge is 2.22. The largest absolute Gasteiger partial charge is 0.497 e. The molecule has 0 aliphatic heterocycles. The van der Waals surface area contributed by atoms with E-state index in [1.54, 1.807) is 7.11 Å². The Bertz CT molecular complexity index is 635. The Hall–Kier alpha value is -2.57. The Kier molecular flexibility index (Phi) is 4.98. The van der Waals surface area contributed by atoms with Crippen LogP contribution in [0.5, 0.6) is 5.75 Å². The molecule has 1 aromatic heterocycles. The highest BCUT2D eigenvalue weighted by molar-refractivity contribution is 5.52. The molecule has 0 fully saturated rings. The third kappa shape index (κ3) is 3.75. The first-order chi connectivity index (χ1) is 10.5. The molecule has 1 heterocycles. The van der Waals surface area contributed by atoms with Crippen molar-refractivity contribution >= 4 is 11.6 Å². The Morgan fingerprint density at radius 3 is 2.59 bits per heavy atom. The summed E-state index contributed by atoms with van der Waals surface area (Å²) in [4.78, 5) is 15.0. The van der Waals surface area contributed by atoms with Gasteiger partial charge in [0.1, 0.15) is 12.3 Å². The SMILES string of the molecule is COc1ccc(Cn2cnc(NCC(C)C)c2[N+](=O)[O-])cc1. The molecule has 7 nitrogen and oxygen atoms in total. The van der Waals surface area contributed by atoms with Crippen molar-refractivity contribution in [1.82, 2.24) is 9.55 Å². The first-order valence-corrected chi connectivity index (χ1v) is 7.07. The predicted octanol–water partition coefficient (Wildman–Crippen LogP) is 2.92. The maximum absolute atomic E-state index is 11.3. The van der Waals surface area contributed by atoms with Gasteiger partial charge in [-0.15, -0.1) is 0 Å². The molecule has 1 aromatic carbocycles. The van der Waals surface area contributed by atoms with E-state index in [9.17, 15) is 10.1 Å². The molecule has 118 valence electrons. The summed E-state index contributed by atoms with van der Waals surface area (Å²) in [6.07, 6.45) is 1.49. The van der Waals surface area contributed by atoms with E-state index in [2.05, 4.69) is 10.3 Å². The molecule has 0 aliphatic carbocycles. The summed E-state index contributed by atoms with van der Waals surface area (Å²) in [5.41, 5.74) is 0.941. The second kappa shape index (κ2) is 6.93. The molecule has 0 aliphatic rings. The second-order valence-electron chi connectivity index (χ2n) is 5.42. The van der Waals surface area contributed by atoms with Crippen molar-refractivity contribution in [3.8, 4) is 5.75 Å². The Morgan fingerprint density at radius 2 is 2.05 bits per heavy atom. The standard InChI is InChI=1S/C15H20N4O3/c1-11(2)8-16-14-15(19(20)21)18(10-17-14)9-12-4-6-13(22-3)7-5-12/h4-7,10-11,16H,8-9H2,1-3H3. The van der Waals surface area contributed by atoms with Crippen molar-refractivity contribution in [3.63, 3.8) is 0 Å². The summed E-state index contributed by atoms with van der Waals surface area (Å²) in [5, 5.41) is 14.3. The molecule has 0 saturated heterocycles. The quantitative estimate of drug-likeness (QED) is 0.628. The van der Waals surface area contributed by atoms with Crippen LogP contribution in [0.1, 0.15) is 19.4 Å². The van der Waals surface area contributed by atoms with Gasteiger partial charge in [0.15, 0.2) is 6.33 Å². The molecule has 22 heavy (non-hydrogen) atoms. The maximum atomic E-state index is 11.3. The summed E-state index contributed by atoms with van der Waals surface area (Å²) >= 11 is 0. The van der Waals surface area contributed by atoms with Gasteiger partial charge < -0.3 is 20.2 Å². The van der Waals surface area contributed by atoms with Gasteiger partial charge in [0.2, 0.25) is 5.82 Å². The molecule has 7 heteroatoms. The first kappa shape index (κ1) is 15.8. The van der Waals surface area contributed by atoms with Crippen molar-refractivity contribution in [1.29, 1.82) is 0 Å². The molecule has 0 bridgehead atoms. The number of anilines is 1. The van der Waals surface area contributed by atoms with Gasteiger partial charge in [0.25, 0.3) is 0 Å². The van der Waals surface area contributed by atoms with Gasteiger partial charge >= 0.3 is 5.82 Å². The minimum Gasteiger partial charge on any atom is -0.497 e. The van der Waals surface area contributed by atoms with Crippen LogP contribution in [-0.4, -0.2) is 28.1 Å². The van der Waals surface area contributed by atoms with Gasteiger partial charge in [-0.3, -0.25) is 0 Å². The fraction of sp³-hybridized carbons (Fsp3) is 0.400. The van der Waals surface area contributed by atoms with Crippen molar-refractivity contribution in [2.45, 2.75) is 20.4 Å². The summed E-state index contributed by atoms with van der Waals surface area (Å²) in [6, 6.07) is 7.42. The molecule has 0 amide bonds. The zero-order valence-corrected chi connectivity index (χ0v) is 12.9. The fourth-order valence-electron chi connectivity index (χ4n) is 2.04. The lowest BCUT2D eigenvalue weighted by Crippen LogP contribution is -2.11. The molecule has 2 rings (SSSR count). The minimum absolute atomic E-state index is 0.0172. The van der Waals surface area contributed by atoms with E-state index in [4.69, 9.17) is 4.74 Å². The van der Waals surface area contributed by atoms with Crippen molar-refractivity contribution in [3.05, 3.63) is 46.3 Å². The van der Waals surface area contributed by atoms with Crippen LogP contribution in [0, 0.1) is 16.0 Å². The van der Waals surface area contributed by atoms with Crippen molar-refractivity contribution < 1.29 is 9.66 Å². The number of hydrogen-bond donors (Lipinski definition) is 1. The molecule has 0 spiro atoms. The van der Waals surface area contributed by atoms with Crippen LogP contribution in [-0.2, 0) is 6.54 Å². The van der Waals surface area contributed by atoms with Crippen molar-refractivity contribution in [2.75, 3.05) is 19.0 Å². The van der Waals surface area contributed by atoms with Gasteiger partial charge in [-0.1, -0.05) is 26.0 Å². The average Bonchev–Trinajstić information content (AvgIpc) is 2.89. The molecule has 0 radical (unpaired) electrons. The van der Waals surface area contributed by atoms with E-state index in [0.29, 0.717) is 24.8 Å². The number of rotatable bonds is 7. The molecular formula is C15H20N4O3. The van der Waals surface area contributed by atoms with Crippen LogP contribution in [0.2, 0.25) is 0 Å². The number of aromatic nitrogens is 2. The maximum Gasteiger partial charge on any atom is 0.367 e. The number of nitrogens with zero attached hydrogens (tertiary/aromatic N) is 3. The lowest BCUT2D eigenvalue weighted by Gasteiger charge is -2.07. The van der Waals surface area contributed by atoms with E-state index >= 15 is 0 Å². The summed E-state index contributed by atoms with van der Waals surface area (Å²) in [7, 11) is 1.60. The Balaban J connectivity index is 2.20. The van der Waals surface area contributed by atoms with Gasteiger partial charge in [0.05, 0.1) is 7.11 Å². The predicted molar refractivity (Wildman–Crippen MR) is 84.3 cm³/mol. The third-order valence-electron chi connectivity index (χ3n) is 3.17. The van der Waals surface area contributed by atoms with E-state index < -0.39 is 4.92 Å². The highest BCUT2D eigenvalue weighted by atomic mass is 16.6. The minimum atomic E-state index is -0.404. The van der Waals surface area contributed by atoms with E-state index in [0.717, 1.165) is 11.3 Å². The number of nitrogens with one attached hydrogen (secondary N) is 1. The highest BCUT2D eigenvalue weighted by Crippen LogP contribution is 2.24. The average molecular weight is 304 g/mol. The lowest BCUT2D eigenvalue weighted by molar-refractivity contribution is -0.391. The van der Waals surface area contributed by atoms with Crippen LogP contribution >= 0.6 is 0 Å². The van der Waals surface area contributed by atoms with Crippen LogP contribution < -0.4 is 10.1 Å². The molecule has 0 saturated carbocycles. The van der Waals surface area contributed by atoms with E-state index in [1.165, 1.54) is 10.9 Å². The number of benzene rings is 1. The Morgan fingerprint density at radius 1 is 1.36 bits per heavy atom. The molecule has 1 N–H and O–H groups in total. The zero-order valence-electron chi connectivity index (χ0n) is 12.9. The van der Waals surface area contributed by atoms with Gasteiger partial charge in [-0.25, -0.2) is 4.57 Å². The normalized spacial score (nSPS) is 10.7. The summed E-state index contributed by atoms with van der Waals surface area (Å²) in [5.74, 6) is 1.43. The molecular weight excluding hydrogens is 284 g/mol. The summed E-state index contributed by atoms with van der Waals surface area (Å²) in [6.45, 7) is 5.09. The van der Waals surface area contributed by atoms with Crippen LogP contribution in [0.4, 0.5) is 11.6 Å². The van der Waals surface area contributed by atoms with Crippen LogP contribution in [0.3, 0.4) is 0 Å². The zero-order chi connectivity index (χ0) is 16.1. The number of hydrogen-bond acceptors (Lipinski definition) is 5. The van der Waals surface area contributed by atoms with Crippen LogP contribution in [0.25, 0.3) is 0 Å². The van der Waals surface area contributed by atoms with Gasteiger partial charge in [0, 0.05) is 6.54 Å². The second-order valence-corrected chi connectivity index (χ2v) is 5.42. The molecule has 0 unspecified atom stereocenters. The van der Waals surface area contributed by atoms with E-state index in [1.807, 2.05) is 38.1 Å². The molecule has 0 atom stereocenters. The number of methoxy groups -OCH3 is 1. The van der Waals surface area contributed by atoms with Crippen LogP contribution in [0.15, 0.2) is 30.6 Å². The van der Waals surface area contributed by atoms with Crippen molar-refractivity contribution in [2.24, 2.45) is 5.92 Å². The Labute approximate surface area is 129 Å². The first-order valence-electron chi connectivity index (χ1n) is 7.07. The van der Waals surface area contributed by atoms with E-state index in [-0.39, 0.29) is 5.82 Å². The van der Waals surface area contributed by atoms with Gasteiger partial charge in [-0.2, -0.15) is 4.98 Å².